The van der Waals surface area contributed by atoms with Gasteiger partial charge in [-0.25, -0.2) is 0 Å². The monoisotopic (exact) mass is 366 g/mol. The van der Waals surface area contributed by atoms with Gasteiger partial charge in [-0.15, -0.1) is 12.4 Å². The maximum atomic E-state index is 12.5. The van der Waals surface area contributed by atoms with Crippen LogP contribution in [0.4, 0.5) is 13.2 Å². The van der Waals surface area contributed by atoms with Gasteiger partial charge in [0.25, 0.3) is 0 Å². The highest BCUT2D eigenvalue weighted by atomic mass is 35.5. The highest BCUT2D eigenvalue weighted by Crippen LogP contribution is 2.29. The molecule has 0 aromatic heterocycles. The van der Waals surface area contributed by atoms with Crippen LogP contribution in [0.25, 0.3) is 0 Å². The van der Waals surface area contributed by atoms with E-state index < -0.39 is 17.3 Å². The van der Waals surface area contributed by atoms with E-state index in [9.17, 15) is 18.0 Å². The predicted octanol–water partition coefficient (Wildman–Crippen LogP) is 3.94. The van der Waals surface area contributed by atoms with E-state index in [1.54, 1.807) is 6.92 Å². The molecule has 7 heteroatoms. The van der Waals surface area contributed by atoms with Crippen LogP contribution in [0.2, 0.25) is 0 Å². The van der Waals surface area contributed by atoms with E-state index in [2.05, 4.69) is 5.32 Å². The molecule has 0 bridgehead atoms. The first-order chi connectivity index (χ1) is 10.7. The molecule has 1 amide bonds. The van der Waals surface area contributed by atoms with Gasteiger partial charge in [-0.3, -0.25) is 4.79 Å². The molecular weight excluding hydrogens is 341 g/mol. The van der Waals surface area contributed by atoms with Crippen molar-refractivity contribution >= 4 is 18.3 Å². The van der Waals surface area contributed by atoms with E-state index in [-0.39, 0.29) is 24.2 Å². The minimum absolute atomic E-state index is 0. The van der Waals surface area contributed by atoms with E-state index >= 15 is 0 Å². The number of amides is 1. The van der Waals surface area contributed by atoms with Gasteiger partial charge >= 0.3 is 6.18 Å². The SMILES string of the molecule is CCC(CC)(CN)NC(=O)C(C)Cc1ccc(C(F)(F)F)cc1.Cl. The van der Waals surface area contributed by atoms with Crippen molar-refractivity contribution in [3.63, 3.8) is 0 Å². The molecule has 0 saturated heterocycles. The minimum atomic E-state index is -4.34. The third kappa shape index (κ3) is 5.98. The molecule has 1 atom stereocenters. The molecule has 138 valence electrons. The van der Waals surface area contributed by atoms with Crippen LogP contribution in [-0.2, 0) is 17.4 Å². The average Bonchev–Trinajstić information content (AvgIpc) is 2.52. The van der Waals surface area contributed by atoms with Crippen molar-refractivity contribution < 1.29 is 18.0 Å². The second-order valence-corrected chi connectivity index (χ2v) is 5.98. The van der Waals surface area contributed by atoms with Gasteiger partial charge in [0.05, 0.1) is 11.1 Å². The number of hydrogen-bond acceptors (Lipinski definition) is 2. The molecule has 3 N–H and O–H groups in total. The number of carbonyl (C=O) groups excluding carboxylic acids is 1. The lowest BCUT2D eigenvalue weighted by atomic mass is 9.91. The Hall–Kier alpha value is -1.27. The fourth-order valence-corrected chi connectivity index (χ4v) is 2.43. The lowest BCUT2D eigenvalue weighted by molar-refractivity contribution is -0.137. The summed E-state index contributed by atoms with van der Waals surface area (Å²) in [6.45, 7) is 6.06. The molecule has 0 aliphatic carbocycles. The Morgan fingerprint density at radius 3 is 2.04 bits per heavy atom. The zero-order chi connectivity index (χ0) is 17.7. The van der Waals surface area contributed by atoms with E-state index in [0.29, 0.717) is 18.5 Å². The van der Waals surface area contributed by atoms with Crippen LogP contribution in [0, 0.1) is 5.92 Å². The zero-order valence-corrected chi connectivity index (χ0v) is 15.1. The first-order valence-electron chi connectivity index (χ1n) is 7.85. The van der Waals surface area contributed by atoms with Crippen molar-refractivity contribution in [3.05, 3.63) is 35.4 Å². The van der Waals surface area contributed by atoms with Gasteiger partial charge in [0.15, 0.2) is 0 Å². The van der Waals surface area contributed by atoms with Gasteiger partial charge in [0.2, 0.25) is 5.91 Å². The van der Waals surface area contributed by atoms with E-state index in [4.69, 9.17) is 5.73 Å². The largest absolute Gasteiger partial charge is 0.416 e. The molecule has 1 rings (SSSR count). The quantitative estimate of drug-likeness (QED) is 0.768. The Kier molecular flexibility index (Phi) is 8.78. The molecule has 3 nitrogen and oxygen atoms in total. The van der Waals surface area contributed by atoms with Crippen LogP contribution >= 0.6 is 12.4 Å². The molecule has 1 aromatic rings. The topological polar surface area (TPSA) is 55.1 Å². The fourth-order valence-electron chi connectivity index (χ4n) is 2.43. The zero-order valence-electron chi connectivity index (χ0n) is 14.2. The highest BCUT2D eigenvalue weighted by molar-refractivity contribution is 5.85. The average molecular weight is 367 g/mol. The number of benzene rings is 1. The highest BCUT2D eigenvalue weighted by Gasteiger charge is 2.30. The van der Waals surface area contributed by atoms with Crippen molar-refractivity contribution in [2.75, 3.05) is 6.54 Å². The van der Waals surface area contributed by atoms with Crippen molar-refractivity contribution in [1.82, 2.24) is 5.32 Å². The molecular formula is C17H26ClF3N2O. The molecule has 24 heavy (non-hydrogen) atoms. The number of hydrogen-bond donors (Lipinski definition) is 2. The Morgan fingerprint density at radius 1 is 1.17 bits per heavy atom. The Labute approximate surface area is 147 Å². The summed E-state index contributed by atoms with van der Waals surface area (Å²) in [6.07, 6.45) is -2.49. The maximum Gasteiger partial charge on any atom is 0.416 e. The fraction of sp³-hybridized carbons (Fsp3) is 0.588. The summed E-state index contributed by atoms with van der Waals surface area (Å²) in [4.78, 5) is 12.3. The van der Waals surface area contributed by atoms with Crippen LogP contribution in [0.1, 0.15) is 44.7 Å². The molecule has 0 radical (unpaired) electrons. The smallest absolute Gasteiger partial charge is 0.349 e. The molecule has 1 unspecified atom stereocenters. The van der Waals surface area contributed by atoms with Gasteiger partial charge in [0, 0.05) is 12.5 Å². The lowest BCUT2D eigenvalue weighted by Gasteiger charge is -2.32. The number of alkyl halides is 3. The van der Waals surface area contributed by atoms with Crippen molar-refractivity contribution in [2.24, 2.45) is 11.7 Å². The van der Waals surface area contributed by atoms with Crippen molar-refractivity contribution in [2.45, 2.75) is 51.7 Å². The van der Waals surface area contributed by atoms with E-state index in [0.717, 1.165) is 25.0 Å². The Balaban J connectivity index is 0.00000529. The summed E-state index contributed by atoms with van der Waals surface area (Å²) >= 11 is 0. The molecule has 0 aliphatic rings. The summed E-state index contributed by atoms with van der Waals surface area (Å²) in [6, 6.07) is 4.93. The molecule has 0 saturated carbocycles. The second-order valence-electron chi connectivity index (χ2n) is 5.98. The number of nitrogens with two attached hydrogens (primary N) is 1. The Morgan fingerprint density at radius 2 is 1.67 bits per heavy atom. The summed E-state index contributed by atoms with van der Waals surface area (Å²) < 4.78 is 37.6. The number of nitrogens with one attached hydrogen (secondary N) is 1. The van der Waals surface area contributed by atoms with Gasteiger partial charge in [-0.05, 0) is 37.0 Å². The summed E-state index contributed by atoms with van der Waals surface area (Å²) in [5, 5.41) is 2.99. The standard InChI is InChI=1S/C17H25F3N2O.ClH/c1-4-16(5-2,11-21)22-15(23)12(3)10-13-6-8-14(9-7-13)17(18,19)20;/h6-9,12H,4-5,10-11,21H2,1-3H3,(H,22,23);1H. The summed E-state index contributed by atoms with van der Waals surface area (Å²) in [5.74, 6) is -0.463. The van der Waals surface area contributed by atoms with Crippen molar-refractivity contribution in [1.29, 1.82) is 0 Å². The molecule has 0 fully saturated rings. The number of rotatable bonds is 7. The van der Waals surface area contributed by atoms with Crippen LogP contribution in [0.5, 0.6) is 0 Å². The molecule has 1 aromatic carbocycles. The van der Waals surface area contributed by atoms with Crippen LogP contribution in [-0.4, -0.2) is 18.0 Å². The maximum absolute atomic E-state index is 12.5. The van der Waals surface area contributed by atoms with Gasteiger partial charge in [-0.1, -0.05) is 32.9 Å². The summed E-state index contributed by atoms with van der Waals surface area (Å²) in [5.41, 5.74) is 5.37. The molecule has 0 aliphatic heterocycles. The van der Waals surface area contributed by atoms with Gasteiger partial charge in [-0.2, -0.15) is 13.2 Å². The van der Waals surface area contributed by atoms with Crippen LogP contribution in [0.15, 0.2) is 24.3 Å². The van der Waals surface area contributed by atoms with E-state index in [1.807, 2.05) is 13.8 Å². The van der Waals surface area contributed by atoms with E-state index in [1.165, 1.54) is 12.1 Å². The molecule has 0 heterocycles. The molecule has 0 spiro atoms. The number of halogens is 4. The lowest BCUT2D eigenvalue weighted by Crippen LogP contribution is -2.54. The van der Waals surface area contributed by atoms with Gasteiger partial charge in [0.1, 0.15) is 0 Å². The first kappa shape index (κ1) is 22.7. The van der Waals surface area contributed by atoms with Crippen LogP contribution < -0.4 is 11.1 Å². The van der Waals surface area contributed by atoms with Gasteiger partial charge < -0.3 is 11.1 Å². The second kappa shape index (κ2) is 9.28. The Bertz CT molecular complexity index is 505. The van der Waals surface area contributed by atoms with Crippen LogP contribution in [0.3, 0.4) is 0 Å². The first-order valence-corrected chi connectivity index (χ1v) is 7.85. The number of carbonyl (C=O) groups is 1. The third-order valence-electron chi connectivity index (χ3n) is 4.40. The summed E-state index contributed by atoms with van der Waals surface area (Å²) in [7, 11) is 0. The normalized spacial score (nSPS) is 13.1. The minimum Gasteiger partial charge on any atom is -0.349 e. The predicted molar refractivity (Wildman–Crippen MR) is 92.1 cm³/mol. The third-order valence-corrected chi connectivity index (χ3v) is 4.40. The van der Waals surface area contributed by atoms with Crippen molar-refractivity contribution in [3.8, 4) is 0 Å².